The van der Waals surface area contributed by atoms with Crippen LogP contribution in [0.25, 0.3) is 0 Å². The lowest BCUT2D eigenvalue weighted by atomic mass is 10.1. The third-order valence-corrected chi connectivity index (χ3v) is 4.82. The number of nitrogens with zero attached hydrogens (tertiary/aromatic N) is 2. The molecular formula is C18H22N4O2S. The van der Waals surface area contributed by atoms with E-state index in [2.05, 4.69) is 20.5 Å². The van der Waals surface area contributed by atoms with Crippen LogP contribution in [0.4, 0.5) is 11.5 Å². The first-order valence-electron chi connectivity index (χ1n) is 8.54. The third-order valence-electron chi connectivity index (χ3n) is 4.14. The van der Waals surface area contributed by atoms with Crippen molar-refractivity contribution in [3.8, 4) is 0 Å². The molecule has 1 aliphatic heterocycles. The molecule has 132 valence electrons. The molecule has 0 bridgehead atoms. The molecule has 0 atom stereocenters. The fourth-order valence-corrected chi connectivity index (χ4v) is 3.49. The summed E-state index contributed by atoms with van der Waals surface area (Å²) >= 11 is 1.47. The molecule has 0 radical (unpaired) electrons. The summed E-state index contributed by atoms with van der Waals surface area (Å²) in [6.07, 6.45) is 5.52. The van der Waals surface area contributed by atoms with Gasteiger partial charge < -0.3 is 15.5 Å². The predicted molar refractivity (Wildman–Crippen MR) is 100 cm³/mol. The number of rotatable bonds is 6. The van der Waals surface area contributed by atoms with Crippen LogP contribution in [0.2, 0.25) is 0 Å². The molecule has 0 saturated carbocycles. The standard InChI is InChI=1S/C18H22N4O2S/c23-16(6-9-20-18(24)14-7-12-25-13-14)21-15-5-4-8-19-17(15)22-10-2-1-3-11-22/h4-5,7-8,12-13H,1-3,6,9-11H2,(H,20,24)(H,21,23). The molecule has 6 nitrogen and oxygen atoms in total. The van der Waals surface area contributed by atoms with Crippen molar-refractivity contribution in [1.82, 2.24) is 10.3 Å². The molecule has 0 unspecified atom stereocenters. The highest BCUT2D eigenvalue weighted by molar-refractivity contribution is 7.08. The lowest BCUT2D eigenvalue weighted by Gasteiger charge is -2.29. The highest BCUT2D eigenvalue weighted by atomic mass is 32.1. The SMILES string of the molecule is O=C(CCNC(=O)c1ccsc1)Nc1cccnc1N1CCCCC1. The average molecular weight is 358 g/mol. The van der Waals surface area contributed by atoms with E-state index in [9.17, 15) is 9.59 Å². The Kier molecular flexibility index (Phi) is 6.00. The Hall–Kier alpha value is -2.41. The zero-order chi connectivity index (χ0) is 17.5. The van der Waals surface area contributed by atoms with E-state index < -0.39 is 0 Å². The van der Waals surface area contributed by atoms with Gasteiger partial charge in [-0.3, -0.25) is 9.59 Å². The molecule has 2 aromatic rings. The molecule has 1 fully saturated rings. The number of amides is 2. The Bertz CT molecular complexity index is 712. The zero-order valence-corrected chi connectivity index (χ0v) is 14.8. The molecule has 3 rings (SSSR count). The van der Waals surface area contributed by atoms with Gasteiger partial charge in [0, 0.05) is 43.2 Å². The molecule has 0 aliphatic carbocycles. The van der Waals surface area contributed by atoms with Crippen molar-refractivity contribution < 1.29 is 9.59 Å². The minimum atomic E-state index is -0.149. The summed E-state index contributed by atoms with van der Waals surface area (Å²) < 4.78 is 0. The lowest BCUT2D eigenvalue weighted by molar-refractivity contribution is -0.116. The number of hydrogen-bond donors (Lipinski definition) is 2. The van der Waals surface area contributed by atoms with Crippen LogP contribution in [-0.4, -0.2) is 36.4 Å². The van der Waals surface area contributed by atoms with Crippen LogP contribution in [0, 0.1) is 0 Å². The lowest BCUT2D eigenvalue weighted by Crippen LogP contribution is -2.31. The van der Waals surface area contributed by atoms with Gasteiger partial charge >= 0.3 is 0 Å². The summed E-state index contributed by atoms with van der Waals surface area (Å²) in [5.41, 5.74) is 1.36. The number of hydrogen-bond acceptors (Lipinski definition) is 5. The summed E-state index contributed by atoms with van der Waals surface area (Å²) in [6, 6.07) is 5.46. The Morgan fingerprint density at radius 2 is 2.04 bits per heavy atom. The van der Waals surface area contributed by atoms with E-state index in [4.69, 9.17) is 0 Å². The van der Waals surface area contributed by atoms with Crippen molar-refractivity contribution in [2.75, 3.05) is 29.9 Å². The molecule has 0 aromatic carbocycles. The van der Waals surface area contributed by atoms with Crippen molar-refractivity contribution in [2.45, 2.75) is 25.7 Å². The van der Waals surface area contributed by atoms with Gasteiger partial charge in [0.05, 0.1) is 5.69 Å². The van der Waals surface area contributed by atoms with Crippen LogP contribution in [0.3, 0.4) is 0 Å². The summed E-state index contributed by atoms with van der Waals surface area (Å²) in [7, 11) is 0. The summed E-state index contributed by atoms with van der Waals surface area (Å²) in [5.74, 6) is 0.555. The van der Waals surface area contributed by atoms with Crippen LogP contribution in [0.15, 0.2) is 35.2 Å². The molecule has 0 spiro atoms. The Morgan fingerprint density at radius 1 is 1.20 bits per heavy atom. The van der Waals surface area contributed by atoms with E-state index in [1.807, 2.05) is 17.5 Å². The predicted octanol–water partition coefficient (Wildman–Crippen LogP) is 2.89. The second kappa shape index (κ2) is 8.62. The van der Waals surface area contributed by atoms with E-state index in [-0.39, 0.29) is 18.2 Å². The van der Waals surface area contributed by atoms with Crippen molar-refractivity contribution >= 4 is 34.7 Å². The summed E-state index contributed by atoms with van der Waals surface area (Å²) in [4.78, 5) is 30.7. The number of aromatic nitrogens is 1. The molecular weight excluding hydrogens is 336 g/mol. The van der Waals surface area contributed by atoms with E-state index in [0.29, 0.717) is 12.1 Å². The molecule has 3 heterocycles. The van der Waals surface area contributed by atoms with Gasteiger partial charge in [-0.2, -0.15) is 11.3 Å². The molecule has 7 heteroatoms. The first-order valence-corrected chi connectivity index (χ1v) is 9.48. The fourth-order valence-electron chi connectivity index (χ4n) is 2.85. The second-order valence-corrected chi connectivity index (χ2v) is 6.77. The van der Waals surface area contributed by atoms with Crippen molar-refractivity contribution in [3.05, 3.63) is 40.7 Å². The number of carbonyl (C=O) groups is 2. The van der Waals surface area contributed by atoms with Gasteiger partial charge in [-0.15, -0.1) is 0 Å². The number of thiophene rings is 1. The van der Waals surface area contributed by atoms with Gasteiger partial charge in [-0.1, -0.05) is 0 Å². The molecule has 2 aromatic heterocycles. The van der Waals surface area contributed by atoms with Crippen molar-refractivity contribution in [2.24, 2.45) is 0 Å². The number of pyridine rings is 1. The van der Waals surface area contributed by atoms with Crippen LogP contribution >= 0.6 is 11.3 Å². The molecule has 1 saturated heterocycles. The molecule has 2 N–H and O–H groups in total. The van der Waals surface area contributed by atoms with Crippen LogP contribution in [0.1, 0.15) is 36.0 Å². The van der Waals surface area contributed by atoms with Gasteiger partial charge in [0.15, 0.2) is 5.82 Å². The van der Waals surface area contributed by atoms with Gasteiger partial charge in [-0.05, 0) is 42.8 Å². The van der Waals surface area contributed by atoms with Gasteiger partial charge in [-0.25, -0.2) is 4.98 Å². The smallest absolute Gasteiger partial charge is 0.252 e. The van der Waals surface area contributed by atoms with E-state index >= 15 is 0 Å². The minimum Gasteiger partial charge on any atom is -0.355 e. The number of carbonyl (C=O) groups excluding carboxylic acids is 2. The van der Waals surface area contributed by atoms with E-state index in [0.717, 1.165) is 37.4 Å². The molecule has 2 amide bonds. The van der Waals surface area contributed by atoms with Crippen molar-refractivity contribution in [3.63, 3.8) is 0 Å². The fraction of sp³-hybridized carbons (Fsp3) is 0.389. The monoisotopic (exact) mass is 358 g/mol. The first-order chi connectivity index (χ1) is 12.2. The van der Waals surface area contributed by atoms with E-state index in [1.165, 1.54) is 17.8 Å². The van der Waals surface area contributed by atoms with Crippen LogP contribution in [0.5, 0.6) is 0 Å². The second-order valence-electron chi connectivity index (χ2n) is 5.99. The van der Waals surface area contributed by atoms with Gasteiger partial charge in [0.2, 0.25) is 5.91 Å². The van der Waals surface area contributed by atoms with Gasteiger partial charge in [0.1, 0.15) is 0 Å². The maximum absolute atomic E-state index is 12.2. The molecule has 25 heavy (non-hydrogen) atoms. The summed E-state index contributed by atoms with van der Waals surface area (Å²) in [5, 5.41) is 9.33. The highest BCUT2D eigenvalue weighted by Gasteiger charge is 2.16. The maximum atomic E-state index is 12.2. The van der Waals surface area contributed by atoms with Crippen LogP contribution in [-0.2, 0) is 4.79 Å². The topological polar surface area (TPSA) is 74.3 Å². The number of anilines is 2. The maximum Gasteiger partial charge on any atom is 0.252 e. The molecule has 1 aliphatic rings. The van der Waals surface area contributed by atoms with Gasteiger partial charge in [0.25, 0.3) is 5.91 Å². The Morgan fingerprint density at radius 3 is 2.80 bits per heavy atom. The Labute approximate surface area is 151 Å². The Balaban J connectivity index is 1.52. The normalized spacial score (nSPS) is 14.2. The number of piperidine rings is 1. The number of nitrogens with one attached hydrogen (secondary N) is 2. The minimum absolute atomic E-state index is 0.128. The first kappa shape index (κ1) is 17.4. The zero-order valence-electron chi connectivity index (χ0n) is 14.0. The van der Waals surface area contributed by atoms with Crippen molar-refractivity contribution in [1.29, 1.82) is 0 Å². The average Bonchev–Trinajstić information content (AvgIpc) is 3.18. The largest absolute Gasteiger partial charge is 0.355 e. The highest BCUT2D eigenvalue weighted by Crippen LogP contribution is 2.25. The van der Waals surface area contributed by atoms with E-state index in [1.54, 1.807) is 17.6 Å². The summed E-state index contributed by atoms with van der Waals surface area (Å²) in [6.45, 7) is 2.24. The quantitative estimate of drug-likeness (QED) is 0.833. The third kappa shape index (κ3) is 4.79. The van der Waals surface area contributed by atoms with Crippen LogP contribution < -0.4 is 15.5 Å².